The molecule has 1 rings (SSSR count). The van der Waals surface area contributed by atoms with Crippen molar-refractivity contribution in [3.8, 4) is 6.07 Å². The highest BCUT2D eigenvalue weighted by molar-refractivity contribution is 6.07. The zero-order chi connectivity index (χ0) is 16.2. The Morgan fingerprint density at radius 2 is 1.86 bits per heavy atom. The van der Waals surface area contributed by atoms with Crippen LogP contribution in [0.1, 0.15) is 18.9 Å². The first kappa shape index (κ1) is 16.5. The highest BCUT2D eigenvalue weighted by atomic mass is 19.4. The Bertz CT molecular complexity index is 601. The number of rotatable bonds is 3. The summed E-state index contributed by atoms with van der Waals surface area (Å²) in [6.45, 7) is 1.49. The number of nitriles is 1. The fourth-order valence-corrected chi connectivity index (χ4v) is 1.43. The maximum atomic E-state index is 12.4. The van der Waals surface area contributed by atoms with Crippen molar-refractivity contribution in [2.75, 3.05) is 5.06 Å². The Morgan fingerprint density at radius 3 is 2.24 bits per heavy atom. The maximum Gasteiger partial charge on any atom is 0.416 e. The Kier molecular flexibility index (Phi) is 4.94. The second kappa shape index (κ2) is 6.28. The van der Waals surface area contributed by atoms with Crippen molar-refractivity contribution in [1.29, 1.82) is 5.26 Å². The summed E-state index contributed by atoms with van der Waals surface area (Å²) in [5, 5.41) is 27.8. The summed E-state index contributed by atoms with van der Waals surface area (Å²) in [6.07, 6.45) is -4.55. The van der Waals surface area contributed by atoms with Crippen molar-refractivity contribution in [3.05, 3.63) is 41.2 Å². The Balaban J connectivity index is 3.07. The molecule has 0 aliphatic rings. The zero-order valence-electron chi connectivity index (χ0n) is 10.8. The number of hydrogen-bond acceptors (Lipinski definition) is 4. The summed E-state index contributed by atoms with van der Waals surface area (Å²) >= 11 is 0. The lowest BCUT2D eigenvalue weighted by Crippen LogP contribution is -2.29. The predicted molar refractivity (Wildman–Crippen MR) is 66.3 cm³/mol. The molecule has 0 heterocycles. The highest BCUT2D eigenvalue weighted by Crippen LogP contribution is 2.30. The quantitative estimate of drug-likeness (QED) is 0.295. The molecule has 2 N–H and O–H groups in total. The summed E-state index contributed by atoms with van der Waals surface area (Å²) in [6, 6.07) is 4.55. The van der Waals surface area contributed by atoms with Gasteiger partial charge in [-0.1, -0.05) is 6.92 Å². The Morgan fingerprint density at radius 1 is 1.33 bits per heavy atom. The van der Waals surface area contributed by atoms with Gasteiger partial charge in [-0.25, -0.2) is 0 Å². The molecule has 0 saturated heterocycles. The van der Waals surface area contributed by atoms with E-state index in [1.165, 1.54) is 13.0 Å². The van der Waals surface area contributed by atoms with Gasteiger partial charge in [0.1, 0.15) is 11.8 Å². The van der Waals surface area contributed by atoms with Crippen molar-refractivity contribution < 1.29 is 28.3 Å². The van der Waals surface area contributed by atoms with Gasteiger partial charge in [0.05, 0.1) is 11.3 Å². The lowest BCUT2D eigenvalue weighted by Gasteiger charge is -2.15. The molecule has 0 fully saturated rings. The van der Waals surface area contributed by atoms with Gasteiger partial charge < -0.3 is 5.11 Å². The van der Waals surface area contributed by atoms with Gasteiger partial charge in [-0.3, -0.25) is 10.0 Å². The number of nitrogens with zero attached hydrogens (tertiary/aromatic N) is 2. The van der Waals surface area contributed by atoms with E-state index >= 15 is 0 Å². The van der Waals surface area contributed by atoms with E-state index < -0.39 is 29.0 Å². The molecule has 8 heteroatoms. The summed E-state index contributed by atoms with van der Waals surface area (Å²) in [4.78, 5) is 11.8. The minimum Gasteiger partial charge on any atom is -0.511 e. The molecule has 1 aromatic carbocycles. The number of amides is 1. The minimum absolute atomic E-state index is 0.00448. The monoisotopic (exact) mass is 300 g/mol. The predicted octanol–water partition coefficient (Wildman–Crippen LogP) is 3.17. The number of anilines is 1. The average molecular weight is 300 g/mol. The first-order valence-corrected chi connectivity index (χ1v) is 5.75. The van der Waals surface area contributed by atoms with E-state index in [4.69, 9.17) is 5.26 Å². The van der Waals surface area contributed by atoms with Crippen molar-refractivity contribution in [1.82, 2.24) is 0 Å². The molecule has 0 atom stereocenters. The van der Waals surface area contributed by atoms with Gasteiger partial charge in [0.25, 0.3) is 5.91 Å². The summed E-state index contributed by atoms with van der Waals surface area (Å²) < 4.78 is 37.2. The van der Waals surface area contributed by atoms with Crippen molar-refractivity contribution in [2.45, 2.75) is 19.5 Å². The van der Waals surface area contributed by atoms with Crippen LogP contribution in [-0.2, 0) is 11.0 Å². The van der Waals surface area contributed by atoms with E-state index in [-0.39, 0.29) is 17.2 Å². The summed E-state index contributed by atoms with van der Waals surface area (Å²) in [5.41, 5.74) is -1.89. The molecule has 112 valence electrons. The molecule has 1 amide bonds. The van der Waals surface area contributed by atoms with Gasteiger partial charge in [-0.15, -0.1) is 0 Å². The first-order valence-electron chi connectivity index (χ1n) is 5.75. The number of halogens is 3. The van der Waals surface area contributed by atoms with Crippen molar-refractivity contribution in [3.63, 3.8) is 0 Å². The molecule has 0 unspecified atom stereocenters. The smallest absolute Gasteiger partial charge is 0.416 e. The van der Waals surface area contributed by atoms with E-state index in [0.29, 0.717) is 12.1 Å². The first-order chi connectivity index (χ1) is 9.72. The minimum atomic E-state index is -4.54. The number of hydroxylamine groups is 1. The molecular formula is C13H11F3N2O3. The van der Waals surface area contributed by atoms with Crippen LogP contribution in [0.5, 0.6) is 0 Å². The third-order valence-corrected chi connectivity index (χ3v) is 2.58. The van der Waals surface area contributed by atoms with Crippen LogP contribution in [0.25, 0.3) is 0 Å². The van der Waals surface area contributed by atoms with Crippen LogP contribution >= 0.6 is 0 Å². The number of hydrogen-bond donors (Lipinski definition) is 2. The lowest BCUT2D eigenvalue weighted by molar-refractivity contribution is -0.137. The van der Waals surface area contributed by atoms with Crippen LogP contribution in [0.3, 0.4) is 0 Å². The lowest BCUT2D eigenvalue weighted by atomic mass is 10.1. The van der Waals surface area contributed by atoms with Crippen LogP contribution < -0.4 is 5.06 Å². The van der Waals surface area contributed by atoms with E-state index in [1.807, 2.05) is 0 Å². The highest BCUT2D eigenvalue weighted by Gasteiger charge is 2.30. The number of aliphatic hydroxyl groups is 1. The Labute approximate surface area is 118 Å². The van der Waals surface area contributed by atoms with Gasteiger partial charge in [0.15, 0.2) is 5.57 Å². The van der Waals surface area contributed by atoms with Crippen molar-refractivity contribution in [2.24, 2.45) is 0 Å². The Hall–Kier alpha value is -2.53. The molecule has 0 aromatic heterocycles. The third kappa shape index (κ3) is 3.73. The van der Waals surface area contributed by atoms with Crippen LogP contribution in [0.4, 0.5) is 18.9 Å². The molecule has 0 aliphatic carbocycles. The molecule has 5 nitrogen and oxygen atoms in total. The average Bonchev–Trinajstić information content (AvgIpc) is 2.46. The molecule has 0 radical (unpaired) electrons. The molecule has 0 aliphatic heterocycles. The standard InChI is InChI=1S/C13H11F3N2O3/c1-2-11(19)10(7-17)12(20)18(21)9-5-3-8(4-6-9)13(14,15)16/h3-6,19,21H,2H2,1H3/b11-10-. The normalized spacial score (nSPS) is 12.4. The van der Waals surface area contributed by atoms with Gasteiger partial charge in [-0.05, 0) is 24.3 Å². The SMILES string of the molecule is CC/C(O)=C(\C#N)C(=O)N(O)c1ccc(C(F)(F)F)cc1. The molecule has 0 spiro atoms. The van der Waals surface area contributed by atoms with Crippen LogP contribution in [0, 0.1) is 11.3 Å². The molecule has 0 saturated carbocycles. The molecule has 0 bridgehead atoms. The topological polar surface area (TPSA) is 84.6 Å². The molecule has 21 heavy (non-hydrogen) atoms. The number of benzene rings is 1. The van der Waals surface area contributed by atoms with Gasteiger partial charge in [0.2, 0.25) is 0 Å². The number of aliphatic hydroxyl groups excluding tert-OH is 1. The van der Waals surface area contributed by atoms with Gasteiger partial charge >= 0.3 is 6.18 Å². The fraction of sp³-hybridized carbons (Fsp3) is 0.231. The fourth-order valence-electron chi connectivity index (χ4n) is 1.43. The summed E-state index contributed by atoms with van der Waals surface area (Å²) in [5.74, 6) is -1.75. The van der Waals surface area contributed by atoms with Gasteiger partial charge in [0, 0.05) is 6.42 Å². The van der Waals surface area contributed by atoms with Crippen LogP contribution in [0.2, 0.25) is 0 Å². The summed E-state index contributed by atoms with van der Waals surface area (Å²) in [7, 11) is 0. The maximum absolute atomic E-state index is 12.4. The van der Waals surface area contributed by atoms with Crippen LogP contribution in [-0.4, -0.2) is 16.2 Å². The van der Waals surface area contributed by atoms with Crippen molar-refractivity contribution >= 4 is 11.6 Å². The second-order valence-corrected chi connectivity index (χ2v) is 3.95. The number of carbonyl (C=O) groups is 1. The van der Waals surface area contributed by atoms with E-state index in [2.05, 4.69) is 0 Å². The zero-order valence-corrected chi connectivity index (χ0v) is 10.8. The molecular weight excluding hydrogens is 289 g/mol. The number of allylic oxidation sites excluding steroid dienone is 1. The third-order valence-electron chi connectivity index (χ3n) is 2.58. The second-order valence-electron chi connectivity index (χ2n) is 3.95. The van der Waals surface area contributed by atoms with Crippen LogP contribution in [0.15, 0.2) is 35.6 Å². The largest absolute Gasteiger partial charge is 0.511 e. The van der Waals surface area contributed by atoms with E-state index in [1.54, 1.807) is 0 Å². The number of carbonyl (C=O) groups excluding carboxylic acids is 1. The molecule has 1 aromatic rings. The van der Waals surface area contributed by atoms with Gasteiger partial charge in [-0.2, -0.15) is 23.5 Å². The number of alkyl halides is 3. The van der Waals surface area contributed by atoms with E-state index in [9.17, 15) is 28.3 Å². The van der Waals surface area contributed by atoms with E-state index in [0.717, 1.165) is 12.1 Å².